The van der Waals surface area contributed by atoms with E-state index in [-0.39, 0.29) is 0 Å². The first-order valence-electron chi connectivity index (χ1n) is 6.97. The van der Waals surface area contributed by atoms with E-state index in [1.807, 2.05) is 24.3 Å². The summed E-state index contributed by atoms with van der Waals surface area (Å²) < 4.78 is 0. The predicted octanol–water partition coefficient (Wildman–Crippen LogP) is 5.05. The van der Waals surface area contributed by atoms with Gasteiger partial charge in [0.15, 0.2) is 0 Å². The van der Waals surface area contributed by atoms with E-state index in [0.29, 0.717) is 11.7 Å². The maximum Gasteiger partial charge on any atom is 0.123 e. The fraction of sp³-hybridized carbons (Fsp3) is 0.333. The summed E-state index contributed by atoms with van der Waals surface area (Å²) in [6, 6.07) is 12.1. The van der Waals surface area contributed by atoms with E-state index < -0.39 is 0 Å². The van der Waals surface area contributed by atoms with Crippen LogP contribution < -0.4 is 0 Å². The zero-order valence-electron chi connectivity index (χ0n) is 12.2. The molecule has 2 aromatic carbocycles. The molecule has 1 N–H and O–H groups in total. The maximum atomic E-state index is 10.4. The number of rotatable bonds is 3. The van der Waals surface area contributed by atoms with E-state index in [1.54, 1.807) is 0 Å². The molecule has 0 atom stereocenters. The van der Waals surface area contributed by atoms with E-state index in [2.05, 4.69) is 39.8 Å². The van der Waals surface area contributed by atoms with E-state index in [4.69, 9.17) is 0 Å². The summed E-state index contributed by atoms with van der Waals surface area (Å²) in [7, 11) is 0. The van der Waals surface area contributed by atoms with Crippen LogP contribution in [0.4, 0.5) is 0 Å². The fourth-order valence-electron chi connectivity index (χ4n) is 2.88. The zero-order valence-corrected chi connectivity index (χ0v) is 12.2. The standard InChI is InChI=1S/C18H22O/c1-5-15-13(4)11-16(19)18(17(15)12(2)3)14-9-7-6-8-10-14/h6-12,19H,5H2,1-4H3. The summed E-state index contributed by atoms with van der Waals surface area (Å²) in [5.74, 6) is 0.792. The minimum absolute atomic E-state index is 0.393. The molecule has 0 bridgehead atoms. The van der Waals surface area contributed by atoms with Gasteiger partial charge in [0.2, 0.25) is 0 Å². The molecular weight excluding hydrogens is 232 g/mol. The Morgan fingerprint density at radius 3 is 2.26 bits per heavy atom. The molecule has 0 heterocycles. The van der Waals surface area contributed by atoms with Crippen molar-refractivity contribution in [2.45, 2.75) is 40.0 Å². The van der Waals surface area contributed by atoms with Gasteiger partial charge in [0.25, 0.3) is 0 Å². The van der Waals surface area contributed by atoms with Crippen molar-refractivity contribution in [2.75, 3.05) is 0 Å². The average Bonchev–Trinajstić information content (AvgIpc) is 2.38. The molecule has 0 fully saturated rings. The van der Waals surface area contributed by atoms with Gasteiger partial charge in [-0.3, -0.25) is 0 Å². The topological polar surface area (TPSA) is 20.2 Å². The van der Waals surface area contributed by atoms with Crippen LogP contribution in [0.5, 0.6) is 5.75 Å². The van der Waals surface area contributed by atoms with Crippen molar-refractivity contribution in [3.05, 3.63) is 53.1 Å². The first-order chi connectivity index (χ1) is 9.06. The van der Waals surface area contributed by atoms with Gasteiger partial charge in [0.05, 0.1) is 0 Å². The Morgan fingerprint density at radius 2 is 1.74 bits per heavy atom. The van der Waals surface area contributed by atoms with E-state index in [1.165, 1.54) is 16.7 Å². The number of aromatic hydroxyl groups is 1. The summed E-state index contributed by atoms with van der Waals surface area (Å²) in [5, 5.41) is 10.4. The van der Waals surface area contributed by atoms with Gasteiger partial charge < -0.3 is 5.11 Å². The highest BCUT2D eigenvalue weighted by molar-refractivity contribution is 5.76. The van der Waals surface area contributed by atoms with Crippen molar-refractivity contribution < 1.29 is 5.11 Å². The molecule has 19 heavy (non-hydrogen) atoms. The molecule has 0 aromatic heterocycles. The molecular formula is C18H22O. The van der Waals surface area contributed by atoms with Crippen LogP contribution >= 0.6 is 0 Å². The van der Waals surface area contributed by atoms with Crippen molar-refractivity contribution >= 4 is 0 Å². The Bertz CT molecular complexity index is 568. The number of phenolic OH excluding ortho intramolecular Hbond substituents is 1. The van der Waals surface area contributed by atoms with Crippen molar-refractivity contribution in [3.63, 3.8) is 0 Å². The highest BCUT2D eigenvalue weighted by Crippen LogP contribution is 2.40. The molecule has 1 heteroatoms. The second-order valence-corrected chi connectivity index (χ2v) is 5.35. The van der Waals surface area contributed by atoms with Crippen LogP contribution in [-0.2, 0) is 6.42 Å². The summed E-state index contributed by atoms with van der Waals surface area (Å²) in [6.07, 6.45) is 0.999. The minimum Gasteiger partial charge on any atom is -0.507 e. The molecule has 1 nitrogen and oxygen atoms in total. The van der Waals surface area contributed by atoms with Crippen molar-refractivity contribution in [1.29, 1.82) is 0 Å². The average molecular weight is 254 g/mol. The summed E-state index contributed by atoms with van der Waals surface area (Å²) in [4.78, 5) is 0. The molecule has 0 spiro atoms. The third kappa shape index (κ3) is 2.51. The Kier molecular flexibility index (Phi) is 3.94. The number of benzene rings is 2. The Hall–Kier alpha value is -1.76. The van der Waals surface area contributed by atoms with Crippen LogP contribution in [0.1, 0.15) is 43.4 Å². The van der Waals surface area contributed by atoms with Gasteiger partial charge in [-0.1, -0.05) is 51.1 Å². The molecule has 0 unspecified atom stereocenters. The van der Waals surface area contributed by atoms with Gasteiger partial charge in [-0.25, -0.2) is 0 Å². The predicted molar refractivity (Wildman–Crippen MR) is 81.7 cm³/mol. The van der Waals surface area contributed by atoms with Gasteiger partial charge in [0, 0.05) is 5.56 Å². The van der Waals surface area contributed by atoms with E-state index in [0.717, 1.165) is 17.5 Å². The first-order valence-corrected chi connectivity index (χ1v) is 6.97. The first kappa shape index (κ1) is 13.7. The quantitative estimate of drug-likeness (QED) is 0.812. The lowest BCUT2D eigenvalue weighted by Crippen LogP contribution is -2.02. The largest absolute Gasteiger partial charge is 0.507 e. The molecule has 0 aliphatic heterocycles. The van der Waals surface area contributed by atoms with Gasteiger partial charge in [-0.15, -0.1) is 0 Å². The highest BCUT2D eigenvalue weighted by atomic mass is 16.3. The Labute approximate surface area is 115 Å². The highest BCUT2D eigenvalue weighted by Gasteiger charge is 2.18. The molecule has 100 valence electrons. The molecule has 2 aromatic rings. The van der Waals surface area contributed by atoms with Crippen LogP contribution in [0.15, 0.2) is 36.4 Å². The van der Waals surface area contributed by atoms with Gasteiger partial charge in [-0.2, -0.15) is 0 Å². The van der Waals surface area contributed by atoms with E-state index >= 15 is 0 Å². The van der Waals surface area contributed by atoms with Crippen molar-refractivity contribution in [2.24, 2.45) is 0 Å². The smallest absolute Gasteiger partial charge is 0.123 e. The normalized spacial score (nSPS) is 11.0. The number of aryl methyl sites for hydroxylation is 1. The SMILES string of the molecule is CCc1c(C)cc(O)c(-c2ccccc2)c1C(C)C. The van der Waals surface area contributed by atoms with Gasteiger partial charge in [-0.05, 0) is 47.6 Å². The number of phenols is 1. The molecule has 0 aliphatic carbocycles. The third-order valence-electron chi connectivity index (χ3n) is 3.67. The summed E-state index contributed by atoms with van der Waals surface area (Å²) >= 11 is 0. The van der Waals surface area contributed by atoms with Gasteiger partial charge >= 0.3 is 0 Å². The van der Waals surface area contributed by atoms with Crippen LogP contribution in [-0.4, -0.2) is 5.11 Å². The van der Waals surface area contributed by atoms with Crippen LogP contribution in [0, 0.1) is 6.92 Å². The molecule has 0 radical (unpaired) electrons. The minimum atomic E-state index is 0.393. The third-order valence-corrected chi connectivity index (χ3v) is 3.67. The van der Waals surface area contributed by atoms with Crippen molar-refractivity contribution in [1.82, 2.24) is 0 Å². The second kappa shape index (κ2) is 5.48. The summed E-state index contributed by atoms with van der Waals surface area (Å²) in [5.41, 5.74) is 5.93. The Balaban J connectivity index is 2.79. The van der Waals surface area contributed by atoms with E-state index in [9.17, 15) is 5.11 Å². The molecule has 0 aliphatic rings. The van der Waals surface area contributed by atoms with Crippen LogP contribution in [0.2, 0.25) is 0 Å². The van der Waals surface area contributed by atoms with Crippen LogP contribution in [0.3, 0.4) is 0 Å². The molecule has 0 saturated heterocycles. The monoisotopic (exact) mass is 254 g/mol. The molecule has 0 saturated carbocycles. The Morgan fingerprint density at radius 1 is 1.11 bits per heavy atom. The summed E-state index contributed by atoms with van der Waals surface area (Å²) in [6.45, 7) is 8.65. The van der Waals surface area contributed by atoms with Crippen LogP contribution in [0.25, 0.3) is 11.1 Å². The lowest BCUT2D eigenvalue weighted by Gasteiger charge is -2.21. The maximum absolute atomic E-state index is 10.4. The lowest BCUT2D eigenvalue weighted by atomic mass is 9.84. The fourth-order valence-corrected chi connectivity index (χ4v) is 2.88. The molecule has 0 amide bonds. The second-order valence-electron chi connectivity index (χ2n) is 5.35. The lowest BCUT2D eigenvalue weighted by molar-refractivity contribution is 0.475. The van der Waals surface area contributed by atoms with Gasteiger partial charge in [0.1, 0.15) is 5.75 Å². The van der Waals surface area contributed by atoms with Crippen molar-refractivity contribution in [3.8, 4) is 16.9 Å². The molecule has 2 rings (SSSR count). The zero-order chi connectivity index (χ0) is 14.0. The number of hydrogen-bond donors (Lipinski definition) is 1. The number of hydrogen-bond acceptors (Lipinski definition) is 1.